The molecule has 20 heavy (non-hydrogen) atoms. The number of carbonyl (C=O) groups excluding carboxylic acids is 1. The van der Waals surface area contributed by atoms with Gasteiger partial charge in [-0.05, 0) is 25.0 Å². The van der Waals surface area contributed by atoms with Crippen molar-refractivity contribution in [2.75, 3.05) is 19.0 Å². The highest BCUT2D eigenvalue weighted by molar-refractivity contribution is 5.90. The summed E-state index contributed by atoms with van der Waals surface area (Å²) in [4.78, 5) is 21.9. The third-order valence-electron chi connectivity index (χ3n) is 2.51. The summed E-state index contributed by atoms with van der Waals surface area (Å²) in [5.41, 5.74) is 0.358. The van der Waals surface area contributed by atoms with Crippen molar-refractivity contribution < 1.29 is 23.8 Å². The predicted octanol–water partition coefficient (Wildman–Crippen LogP) is 2.21. The number of amides is 2. The van der Waals surface area contributed by atoms with Gasteiger partial charge in [0, 0.05) is 19.0 Å². The van der Waals surface area contributed by atoms with Crippen molar-refractivity contribution in [3.05, 3.63) is 24.0 Å². The molecule has 0 unspecified atom stereocenters. The quantitative estimate of drug-likeness (QED) is 0.670. The number of hydrogen-bond donors (Lipinski definition) is 3. The van der Waals surface area contributed by atoms with Crippen molar-refractivity contribution in [2.24, 2.45) is 0 Å². The second-order valence-electron chi connectivity index (χ2n) is 4.08. The van der Waals surface area contributed by atoms with Gasteiger partial charge in [-0.25, -0.2) is 9.18 Å². The molecule has 110 valence electrons. The fraction of sp³-hybridized carbons (Fsp3) is 0.385. The molecule has 0 radical (unpaired) electrons. The van der Waals surface area contributed by atoms with E-state index in [-0.39, 0.29) is 12.2 Å². The van der Waals surface area contributed by atoms with Crippen LogP contribution < -0.4 is 15.4 Å². The summed E-state index contributed by atoms with van der Waals surface area (Å²) in [6, 6.07) is 3.33. The highest BCUT2D eigenvalue weighted by Gasteiger charge is 2.08. The first-order chi connectivity index (χ1) is 9.52. The zero-order valence-corrected chi connectivity index (χ0v) is 11.1. The Kier molecular flexibility index (Phi) is 6.28. The van der Waals surface area contributed by atoms with Crippen molar-refractivity contribution in [3.8, 4) is 5.75 Å². The van der Waals surface area contributed by atoms with Crippen LogP contribution in [-0.4, -0.2) is 30.8 Å². The topological polar surface area (TPSA) is 87.7 Å². The lowest BCUT2D eigenvalue weighted by Crippen LogP contribution is -2.29. The predicted molar refractivity (Wildman–Crippen MR) is 71.5 cm³/mol. The van der Waals surface area contributed by atoms with E-state index in [1.54, 1.807) is 0 Å². The Morgan fingerprint density at radius 1 is 1.35 bits per heavy atom. The molecule has 0 fully saturated rings. The molecular weight excluding hydrogens is 267 g/mol. The van der Waals surface area contributed by atoms with Gasteiger partial charge in [0.1, 0.15) is 11.6 Å². The highest BCUT2D eigenvalue weighted by Crippen LogP contribution is 2.24. The number of benzene rings is 1. The lowest BCUT2D eigenvalue weighted by atomic mass is 10.2. The maximum Gasteiger partial charge on any atom is 0.319 e. The molecule has 6 nitrogen and oxygen atoms in total. The van der Waals surface area contributed by atoms with Crippen LogP contribution in [-0.2, 0) is 4.79 Å². The summed E-state index contributed by atoms with van der Waals surface area (Å²) in [7, 11) is 1.38. The molecule has 0 spiro atoms. The minimum Gasteiger partial charge on any atom is -0.494 e. The largest absolute Gasteiger partial charge is 0.494 e. The smallest absolute Gasteiger partial charge is 0.319 e. The minimum atomic E-state index is -0.856. The van der Waals surface area contributed by atoms with Crippen LogP contribution in [0.1, 0.15) is 19.3 Å². The van der Waals surface area contributed by atoms with Gasteiger partial charge in [0.15, 0.2) is 0 Å². The number of hydrogen-bond acceptors (Lipinski definition) is 3. The second-order valence-corrected chi connectivity index (χ2v) is 4.08. The molecule has 0 aliphatic heterocycles. The molecule has 0 saturated carbocycles. The lowest BCUT2D eigenvalue weighted by Gasteiger charge is -2.11. The van der Waals surface area contributed by atoms with E-state index in [0.29, 0.717) is 25.1 Å². The summed E-state index contributed by atoms with van der Waals surface area (Å²) >= 11 is 0. The Morgan fingerprint density at radius 3 is 2.75 bits per heavy atom. The molecule has 0 aliphatic carbocycles. The molecule has 0 saturated heterocycles. The molecular formula is C13H17FN2O4. The number of urea groups is 1. The van der Waals surface area contributed by atoms with Crippen molar-refractivity contribution in [3.63, 3.8) is 0 Å². The van der Waals surface area contributed by atoms with Crippen molar-refractivity contribution in [1.82, 2.24) is 5.32 Å². The van der Waals surface area contributed by atoms with E-state index in [2.05, 4.69) is 10.6 Å². The third kappa shape index (κ3) is 5.55. The average molecular weight is 284 g/mol. The molecule has 1 aromatic carbocycles. The van der Waals surface area contributed by atoms with E-state index < -0.39 is 17.8 Å². The van der Waals surface area contributed by atoms with Crippen LogP contribution in [0.4, 0.5) is 14.9 Å². The number of halogens is 1. The molecule has 0 atom stereocenters. The maximum absolute atomic E-state index is 13.0. The number of unbranched alkanes of at least 4 members (excludes halogenated alkanes) is 1. The van der Waals surface area contributed by atoms with E-state index in [0.717, 1.165) is 0 Å². The molecule has 0 bridgehead atoms. The fourth-order valence-electron chi connectivity index (χ4n) is 1.54. The normalized spacial score (nSPS) is 9.90. The second kappa shape index (κ2) is 7.98. The van der Waals surface area contributed by atoms with Crippen LogP contribution in [0.5, 0.6) is 5.75 Å². The first-order valence-corrected chi connectivity index (χ1v) is 6.13. The summed E-state index contributed by atoms with van der Waals surface area (Å²) in [6.07, 6.45) is 1.14. The van der Waals surface area contributed by atoms with E-state index >= 15 is 0 Å². The average Bonchev–Trinajstić information content (AvgIpc) is 2.40. The van der Waals surface area contributed by atoms with Gasteiger partial charge >= 0.3 is 12.0 Å². The number of carboxylic acid groups (broad SMARTS) is 1. The Labute approximate surface area is 115 Å². The van der Waals surface area contributed by atoms with Crippen LogP contribution in [0.3, 0.4) is 0 Å². The monoisotopic (exact) mass is 284 g/mol. The van der Waals surface area contributed by atoms with Crippen LogP contribution in [0, 0.1) is 5.82 Å². The number of carbonyl (C=O) groups is 2. The number of anilines is 1. The zero-order valence-electron chi connectivity index (χ0n) is 11.1. The van der Waals surface area contributed by atoms with Gasteiger partial charge in [-0.15, -0.1) is 0 Å². The zero-order chi connectivity index (χ0) is 15.0. The number of aliphatic carboxylic acids is 1. The summed E-state index contributed by atoms with van der Waals surface area (Å²) in [5.74, 6) is -1.09. The van der Waals surface area contributed by atoms with Crippen molar-refractivity contribution in [1.29, 1.82) is 0 Å². The maximum atomic E-state index is 13.0. The molecule has 0 aromatic heterocycles. The number of ether oxygens (including phenoxy) is 1. The Hall–Kier alpha value is -2.31. The molecule has 7 heteroatoms. The first-order valence-electron chi connectivity index (χ1n) is 6.13. The molecule has 1 rings (SSSR count). The van der Waals surface area contributed by atoms with Gasteiger partial charge < -0.3 is 20.5 Å². The van der Waals surface area contributed by atoms with Gasteiger partial charge in [-0.1, -0.05) is 0 Å². The van der Waals surface area contributed by atoms with E-state index in [1.165, 1.54) is 25.3 Å². The lowest BCUT2D eigenvalue weighted by molar-refractivity contribution is -0.137. The molecule has 0 aliphatic rings. The van der Waals surface area contributed by atoms with Crippen LogP contribution in [0.15, 0.2) is 18.2 Å². The van der Waals surface area contributed by atoms with Crippen molar-refractivity contribution in [2.45, 2.75) is 19.3 Å². The number of rotatable bonds is 7. The van der Waals surface area contributed by atoms with Gasteiger partial charge in [0.2, 0.25) is 0 Å². The van der Waals surface area contributed by atoms with Gasteiger partial charge in [-0.3, -0.25) is 4.79 Å². The summed E-state index contributed by atoms with van der Waals surface area (Å²) < 4.78 is 17.9. The van der Waals surface area contributed by atoms with E-state index in [4.69, 9.17) is 9.84 Å². The third-order valence-corrected chi connectivity index (χ3v) is 2.51. The van der Waals surface area contributed by atoms with Gasteiger partial charge in [-0.2, -0.15) is 0 Å². The number of nitrogens with one attached hydrogen (secondary N) is 2. The van der Waals surface area contributed by atoms with Crippen LogP contribution in [0.25, 0.3) is 0 Å². The standard InChI is InChI=1S/C13H17FN2O4/c1-20-11-8-9(14)5-6-10(11)16-13(19)15-7-3-2-4-12(17)18/h5-6,8H,2-4,7H2,1H3,(H,17,18)(H2,15,16,19). The number of carboxylic acids is 1. The first kappa shape index (κ1) is 15.7. The van der Waals surface area contributed by atoms with E-state index in [9.17, 15) is 14.0 Å². The molecule has 1 aromatic rings. The van der Waals surface area contributed by atoms with Gasteiger partial charge in [0.05, 0.1) is 12.8 Å². The molecule has 3 N–H and O–H groups in total. The Balaban J connectivity index is 2.37. The van der Waals surface area contributed by atoms with Crippen molar-refractivity contribution >= 4 is 17.7 Å². The summed E-state index contributed by atoms with van der Waals surface area (Å²) in [5, 5.41) is 13.6. The van der Waals surface area contributed by atoms with Gasteiger partial charge in [0.25, 0.3) is 0 Å². The molecule has 2 amide bonds. The Morgan fingerprint density at radius 2 is 2.10 bits per heavy atom. The highest BCUT2D eigenvalue weighted by atomic mass is 19.1. The number of methoxy groups -OCH3 is 1. The summed E-state index contributed by atoms with van der Waals surface area (Å²) in [6.45, 7) is 0.364. The Bertz CT molecular complexity index is 479. The van der Waals surface area contributed by atoms with Crippen LogP contribution >= 0.6 is 0 Å². The minimum absolute atomic E-state index is 0.0785. The fourth-order valence-corrected chi connectivity index (χ4v) is 1.54. The van der Waals surface area contributed by atoms with Crippen LogP contribution in [0.2, 0.25) is 0 Å². The molecule has 0 heterocycles. The SMILES string of the molecule is COc1cc(F)ccc1NC(=O)NCCCCC(=O)O. The van der Waals surface area contributed by atoms with E-state index in [1.807, 2.05) is 0 Å².